The van der Waals surface area contributed by atoms with Crippen LogP contribution in [0.25, 0.3) is 10.8 Å². The van der Waals surface area contributed by atoms with Gasteiger partial charge in [0.05, 0.1) is 0 Å². The average Bonchev–Trinajstić information content (AvgIpc) is 2.70. The molecule has 0 bridgehead atoms. The van der Waals surface area contributed by atoms with Crippen molar-refractivity contribution in [3.8, 4) is 11.5 Å². The van der Waals surface area contributed by atoms with Crippen molar-refractivity contribution in [2.45, 2.75) is 45.1 Å². The summed E-state index contributed by atoms with van der Waals surface area (Å²) in [5, 5.41) is 21.3. The lowest BCUT2D eigenvalue weighted by Gasteiger charge is -2.33. The molecule has 2 aromatic rings. The van der Waals surface area contributed by atoms with Crippen LogP contribution in [0, 0.1) is 0 Å². The molecule has 0 unspecified atom stereocenters. The molecule has 1 amide bonds. The highest BCUT2D eigenvalue weighted by Gasteiger charge is 2.26. The predicted octanol–water partition coefficient (Wildman–Crippen LogP) is 3.59. The molecule has 0 saturated heterocycles. The molecule has 0 radical (unpaired) electrons. The number of nitrogens with zero attached hydrogens (tertiary/aromatic N) is 1. The zero-order valence-corrected chi connectivity index (χ0v) is 15.5. The number of phenolic OH excluding ortho intramolecular Hbond substituents is 2. The molecule has 2 aromatic carbocycles. The molecule has 0 aromatic heterocycles. The van der Waals surface area contributed by atoms with Crippen molar-refractivity contribution in [1.82, 2.24) is 4.90 Å². The van der Waals surface area contributed by atoms with Gasteiger partial charge in [-0.25, -0.2) is 4.79 Å². The van der Waals surface area contributed by atoms with Crippen LogP contribution in [0.2, 0.25) is 0 Å². The van der Waals surface area contributed by atoms with E-state index in [0.717, 1.165) is 25.7 Å². The van der Waals surface area contributed by atoms with Crippen molar-refractivity contribution in [3.63, 3.8) is 0 Å². The molecule has 0 aliphatic heterocycles. The minimum Gasteiger partial charge on any atom is -0.507 e. The summed E-state index contributed by atoms with van der Waals surface area (Å²) in [7, 11) is 0. The van der Waals surface area contributed by atoms with Crippen LogP contribution in [0.15, 0.2) is 30.3 Å². The smallest absolute Gasteiger partial charge is 0.342 e. The number of likely N-dealkylation sites (N-methyl/N-ethyl adjacent to an activating group) is 1. The van der Waals surface area contributed by atoms with Gasteiger partial charge in [0.25, 0.3) is 5.91 Å². The Morgan fingerprint density at radius 2 is 1.78 bits per heavy atom. The molecule has 0 heterocycles. The molecular weight excluding hydrogens is 346 g/mol. The summed E-state index contributed by atoms with van der Waals surface area (Å²) in [5.41, 5.74) is -0.153. The summed E-state index contributed by atoms with van der Waals surface area (Å²) in [5.74, 6) is -1.46. The van der Waals surface area contributed by atoms with E-state index < -0.39 is 5.97 Å². The number of esters is 1. The molecule has 0 atom stereocenters. The number of amides is 1. The molecule has 1 saturated carbocycles. The summed E-state index contributed by atoms with van der Waals surface area (Å²) in [6.07, 6.45) is 5.37. The third-order valence-electron chi connectivity index (χ3n) is 5.22. The van der Waals surface area contributed by atoms with E-state index in [2.05, 4.69) is 0 Å². The van der Waals surface area contributed by atoms with Crippen molar-refractivity contribution >= 4 is 22.6 Å². The molecule has 6 heteroatoms. The Balaban J connectivity index is 1.71. The maximum Gasteiger partial charge on any atom is 0.342 e. The topological polar surface area (TPSA) is 87.1 Å². The van der Waals surface area contributed by atoms with E-state index in [4.69, 9.17) is 4.74 Å². The van der Waals surface area contributed by atoms with Crippen molar-refractivity contribution in [2.24, 2.45) is 0 Å². The zero-order valence-electron chi connectivity index (χ0n) is 15.5. The fourth-order valence-electron chi connectivity index (χ4n) is 3.82. The number of rotatable bonds is 5. The summed E-state index contributed by atoms with van der Waals surface area (Å²) >= 11 is 0. The Morgan fingerprint density at radius 3 is 2.44 bits per heavy atom. The number of ether oxygens (including phenoxy) is 1. The van der Waals surface area contributed by atoms with Gasteiger partial charge in [-0.2, -0.15) is 0 Å². The second-order valence-electron chi connectivity index (χ2n) is 6.89. The van der Waals surface area contributed by atoms with Gasteiger partial charge in [-0.1, -0.05) is 43.5 Å². The summed E-state index contributed by atoms with van der Waals surface area (Å²) < 4.78 is 5.15. The molecule has 3 rings (SSSR count). The molecule has 144 valence electrons. The average molecular weight is 371 g/mol. The Labute approximate surface area is 158 Å². The van der Waals surface area contributed by atoms with E-state index in [-0.39, 0.29) is 35.6 Å². The van der Waals surface area contributed by atoms with Gasteiger partial charge in [-0.3, -0.25) is 4.79 Å². The van der Waals surface area contributed by atoms with Crippen molar-refractivity contribution in [2.75, 3.05) is 13.2 Å². The van der Waals surface area contributed by atoms with Gasteiger partial charge >= 0.3 is 5.97 Å². The number of fused-ring (bicyclic) bond motifs is 1. The number of carbonyl (C=O) groups excluding carboxylic acids is 2. The lowest BCUT2D eigenvalue weighted by atomic mass is 9.94. The van der Waals surface area contributed by atoms with E-state index in [0.29, 0.717) is 17.3 Å². The van der Waals surface area contributed by atoms with Crippen LogP contribution >= 0.6 is 0 Å². The van der Waals surface area contributed by atoms with Crippen molar-refractivity contribution in [3.05, 3.63) is 35.9 Å². The van der Waals surface area contributed by atoms with E-state index >= 15 is 0 Å². The molecule has 0 spiro atoms. The fraction of sp³-hybridized carbons (Fsp3) is 0.429. The number of carbonyl (C=O) groups is 2. The second-order valence-corrected chi connectivity index (χ2v) is 6.89. The van der Waals surface area contributed by atoms with Crippen molar-refractivity contribution < 1.29 is 24.5 Å². The van der Waals surface area contributed by atoms with E-state index in [1.807, 2.05) is 6.92 Å². The van der Waals surface area contributed by atoms with Gasteiger partial charge < -0.3 is 19.8 Å². The van der Waals surface area contributed by atoms with Gasteiger partial charge in [0.15, 0.2) is 6.61 Å². The van der Waals surface area contributed by atoms with Crippen LogP contribution in [0.5, 0.6) is 11.5 Å². The van der Waals surface area contributed by atoms with Gasteiger partial charge in [0, 0.05) is 23.4 Å². The fourth-order valence-corrected chi connectivity index (χ4v) is 3.82. The number of hydrogen-bond acceptors (Lipinski definition) is 5. The lowest BCUT2D eigenvalue weighted by Crippen LogP contribution is -2.43. The Kier molecular flexibility index (Phi) is 5.84. The largest absolute Gasteiger partial charge is 0.507 e. The van der Waals surface area contributed by atoms with Gasteiger partial charge in [0.1, 0.15) is 17.1 Å². The van der Waals surface area contributed by atoms with Gasteiger partial charge in [-0.05, 0) is 25.8 Å². The number of benzene rings is 2. The van der Waals surface area contributed by atoms with Crippen LogP contribution in [0.3, 0.4) is 0 Å². The van der Waals surface area contributed by atoms with Gasteiger partial charge in [0.2, 0.25) is 0 Å². The highest BCUT2D eigenvalue weighted by atomic mass is 16.5. The first-order valence-electron chi connectivity index (χ1n) is 9.43. The van der Waals surface area contributed by atoms with Crippen LogP contribution < -0.4 is 0 Å². The summed E-state index contributed by atoms with van der Waals surface area (Å²) in [6, 6.07) is 8.05. The minimum atomic E-state index is -0.832. The molecule has 6 nitrogen and oxygen atoms in total. The maximum absolute atomic E-state index is 12.5. The maximum atomic E-state index is 12.5. The van der Waals surface area contributed by atoms with Gasteiger partial charge in [-0.15, -0.1) is 0 Å². The molecule has 1 aliphatic carbocycles. The Morgan fingerprint density at radius 1 is 1.11 bits per heavy atom. The van der Waals surface area contributed by atoms with E-state index in [1.165, 1.54) is 12.5 Å². The van der Waals surface area contributed by atoms with E-state index in [9.17, 15) is 19.8 Å². The highest BCUT2D eigenvalue weighted by molar-refractivity contribution is 6.04. The SMILES string of the molecule is CCN(C(=O)COC(=O)c1cc(O)c2ccccc2c1O)C1CCCCC1. The normalized spacial score (nSPS) is 14.9. The molecule has 1 aliphatic rings. The molecule has 1 fully saturated rings. The van der Waals surface area contributed by atoms with Crippen LogP contribution in [-0.4, -0.2) is 46.2 Å². The first-order chi connectivity index (χ1) is 13.0. The predicted molar refractivity (Wildman–Crippen MR) is 102 cm³/mol. The molecule has 27 heavy (non-hydrogen) atoms. The highest BCUT2D eigenvalue weighted by Crippen LogP contribution is 2.35. The number of phenols is 2. The quantitative estimate of drug-likeness (QED) is 0.619. The Hall–Kier alpha value is -2.76. The minimum absolute atomic E-state index is 0.126. The summed E-state index contributed by atoms with van der Waals surface area (Å²) in [6.45, 7) is 2.11. The van der Waals surface area contributed by atoms with Crippen LogP contribution in [0.4, 0.5) is 0 Å². The zero-order chi connectivity index (χ0) is 19.4. The Bertz CT molecular complexity index is 842. The third kappa shape index (κ3) is 3.99. The third-order valence-corrected chi connectivity index (χ3v) is 5.22. The number of hydrogen-bond donors (Lipinski definition) is 2. The standard InChI is InChI=1S/C21H25NO5/c1-2-22(14-8-4-3-5-9-14)19(24)13-27-21(26)17-12-18(23)15-10-6-7-11-16(15)20(17)25/h6-7,10-12,14,23,25H,2-5,8-9,13H2,1H3. The first kappa shape index (κ1) is 19.0. The monoisotopic (exact) mass is 371 g/mol. The van der Waals surface area contributed by atoms with E-state index in [1.54, 1.807) is 29.2 Å². The number of aromatic hydroxyl groups is 2. The van der Waals surface area contributed by atoms with Crippen molar-refractivity contribution in [1.29, 1.82) is 0 Å². The molecular formula is C21H25NO5. The van der Waals surface area contributed by atoms with Crippen LogP contribution in [-0.2, 0) is 9.53 Å². The molecule has 2 N–H and O–H groups in total. The first-order valence-corrected chi connectivity index (χ1v) is 9.43. The summed E-state index contributed by atoms with van der Waals surface area (Å²) in [4.78, 5) is 26.7. The lowest BCUT2D eigenvalue weighted by molar-refractivity contribution is -0.137. The van der Waals surface area contributed by atoms with Crippen LogP contribution in [0.1, 0.15) is 49.4 Å². The second kappa shape index (κ2) is 8.29.